The maximum atomic E-state index is 10.8. The van der Waals surface area contributed by atoms with Crippen molar-refractivity contribution in [2.24, 2.45) is 0 Å². The normalized spacial score (nSPS) is 11.2. The molecular formula is C7H8N2O3S. The van der Waals surface area contributed by atoms with Crippen molar-refractivity contribution >= 4 is 16.1 Å². The first-order valence-electron chi connectivity index (χ1n) is 3.45. The molecule has 0 aliphatic carbocycles. The molecule has 5 nitrogen and oxygen atoms in total. The number of aldehydes is 1. The predicted octanol–water partition coefficient (Wildman–Crippen LogP) is -0.166. The van der Waals surface area contributed by atoms with E-state index in [-0.39, 0.29) is 11.6 Å². The summed E-state index contributed by atoms with van der Waals surface area (Å²) in [6.45, 7) is 0. The minimum Gasteiger partial charge on any atom is -0.298 e. The van der Waals surface area contributed by atoms with E-state index < -0.39 is 9.84 Å². The fraction of sp³-hybridized carbons (Fsp3) is 0.286. The number of hydrogen-bond acceptors (Lipinski definition) is 5. The lowest BCUT2D eigenvalue weighted by Crippen LogP contribution is -2.05. The van der Waals surface area contributed by atoms with Crippen molar-refractivity contribution in [2.45, 2.75) is 5.75 Å². The summed E-state index contributed by atoms with van der Waals surface area (Å²) in [7, 11) is -3.11. The third-order valence-electron chi connectivity index (χ3n) is 1.25. The van der Waals surface area contributed by atoms with Crippen LogP contribution in [0.25, 0.3) is 0 Å². The molecular weight excluding hydrogens is 192 g/mol. The molecule has 0 aliphatic rings. The molecule has 0 radical (unpaired) electrons. The van der Waals surface area contributed by atoms with Crippen LogP contribution in [0.4, 0.5) is 0 Å². The second-order valence-corrected chi connectivity index (χ2v) is 4.76. The van der Waals surface area contributed by atoms with E-state index in [1.807, 2.05) is 0 Å². The first-order valence-corrected chi connectivity index (χ1v) is 5.51. The topological polar surface area (TPSA) is 77.0 Å². The highest BCUT2D eigenvalue weighted by Gasteiger charge is 2.06. The molecule has 0 bridgehead atoms. The van der Waals surface area contributed by atoms with Crippen LogP contribution in [-0.4, -0.2) is 30.9 Å². The van der Waals surface area contributed by atoms with Crippen molar-refractivity contribution in [3.8, 4) is 0 Å². The second-order valence-electron chi connectivity index (χ2n) is 2.62. The molecule has 1 heterocycles. The molecule has 0 atom stereocenters. The predicted molar refractivity (Wildman–Crippen MR) is 46.0 cm³/mol. The summed E-state index contributed by atoms with van der Waals surface area (Å²) in [6.07, 6.45) is 4.29. The molecule has 0 aliphatic heterocycles. The monoisotopic (exact) mass is 200 g/mol. The lowest BCUT2D eigenvalue weighted by Gasteiger charge is -1.96. The maximum absolute atomic E-state index is 10.8. The van der Waals surface area contributed by atoms with Crippen LogP contribution < -0.4 is 0 Å². The zero-order valence-corrected chi connectivity index (χ0v) is 7.78. The van der Waals surface area contributed by atoms with Gasteiger partial charge in [0, 0.05) is 18.6 Å². The lowest BCUT2D eigenvalue weighted by atomic mass is 10.4. The summed E-state index contributed by atoms with van der Waals surface area (Å²) in [6, 6.07) is 0. The maximum Gasteiger partial charge on any atom is 0.154 e. The van der Waals surface area contributed by atoms with Crippen LogP contribution >= 0.6 is 0 Å². The molecule has 0 spiro atoms. The molecule has 1 aromatic rings. The zero-order valence-electron chi connectivity index (χ0n) is 6.97. The molecule has 0 amide bonds. The minimum absolute atomic E-state index is 0.202. The van der Waals surface area contributed by atoms with E-state index in [0.717, 1.165) is 6.26 Å². The van der Waals surface area contributed by atoms with Crippen LogP contribution in [0, 0.1) is 0 Å². The highest BCUT2D eigenvalue weighted by molar-refractivity contribution is 7.89. The Bertz CT molecular complexity index is 396. The number of carbonyl (C=O) groups excluding carboxylic acids is 1. The average molecular weight is 200 g/mol. The van der Waals surface area contributed by atoms with Crippen molar-refractivity contribution in [1.29, 1.82) is 0 Å². The van der Waals surface area contributed by atoms with E-state index in [4.69, 9.17) is 0 Å². The van der Waals surface area contributed by atoms with Crippen LogP contribution in [0.15, 0.2) is 12.4 Å². The van der Waals surface area contributed by atoms with Crippen molar-refractivity contribution in [2.75, 3.05) is 6.26 Å². The average Bonchev–Trinajstić information content (AvgIpc) is 2.03. The van der Waals surface area contributed by atoms with Crippen molar-refractivity contribution in [3.63, 3.8) is 0 Å². The summed E-state index contributed by atoms with van der Waals surface area (Å²) in [5.41, 5.74) is 0.331. The van der Waals surface area contributed by atoms with Crippen LogP contribution in [0.1, 0.15) is 16.2 Å². The fourth-order valence-corrected chi connectivity index (χ4v) is 1.35. The van der Waals surface area contributed by atoms with E-state index in [0.29, 0.717) is 11.8 Å². The zero-order chi connectivity index (χ0) is 9.90. The minimum atomic E-state index is -3.11. The Kier molecular flexibility index (Phi) is 2.72. The fourth-order valence-electron chi connectivity index (χ4n) is 0.735. The Labute approximate surface area is 75.8 Å². The molecule has 0 N–H and O–H groups in total. The smallest absolute Gasteiger partial charge is 0.154 e. The molecule has 1 aromatic heterocycles. The summed E-state index contributed by atoms with van der Waals surface area (Å²) in [5.74, 6) is -0.000300. The third-order valence-corrected chi connectivity index (χ3v) is 2.04. The van der Waals surface area contributed by atoms with Gasteiger partial charge in [-0.15, -0.1) is 0 Å². The highest BCUT2D eigenvalue weighted by Crippen LogP contribution is 1.97. The van der Waals surface area contributed by atoms with Crippen molar-refractivity contribution in [3.05, 3.63) is 23.8 Å². The number of aromatic nitrogens is 2. The van der Waals surface area contributed by atoms with Gasteiger partial charge >= 0.3 is 0 Å². The molecule has 13 heavy (non-hydrogen) atoms. The Hall–Kier alpha value is -1.30. The molecule has 0 fully saturated rings. The van der Waals surface area contributed by atoms with Gasteiger partial charge in [0.25, 0.3) is 0 Å². The molecule has 1 rings (SSSR count). The van der Waals surface area contributed by atoms with Gasteiger partial charge in [-0.25, -0.2) is 18.4 Å². The van der Waals surface area contributed by atoms with Crippen molar-refractivity contribution < 1.29 is 13.2 Å². The van der Waals surface area contributed by atoms with E-state index in [1.54, 1.807) is 0 Å². The van der Waals surface area contributed by atoms with Gasteiger partial charge in [-0.3, -0.25) is 4.79 Å². The van der Waals surface area contributed by atoms with Crippen LogP contribution in [0.3, 0.4) is 0 Å². The third kappa shape index (κ3) is 3.29. The van der Waals surface area contributed by atoms with Gasteiger partial charge in [-0.1, -0.05) is 0 Å². The first kappa shape index (κ1) is 9.79. The van der Waals surface area contributed by atoms with E-state index in [1.165, 1.54) is 12.4 Å². The Morgan fingerprint density at radius 3 is 2.31 bits per heavy atom. The largest absolute Gasteiger partial charge is 0.298 e. The Morgan fingerprint density at radius 1 is 1.38 bits per heavy atom. The molecule has 70 valence electrons. The van der Waals surface area contributed by atoms with Gasteiger partial charge in [0.2, 0.25) is 0 Å². The van der Waals surface area contributed by atoms with Gasteiger partial charge in [-0.2, -0.15) is 0 Å². The molecule has 0 saturated heterocycles. The van der Waals surface area contributed by atoms with E-state index in [9.17, 15) is 13.2 Å². The summed E-state index contributed by atoms with van der Waals surface area (Å²) < 4.78 is 21.6. The summed E-state index contributed by atoms with van der Waals surface area (Å²) in [5, 5.41) is 0. The molecule has 0 aromatic carbocycles. The SMILES string of the molecule is CS(=O)(=O)Cc1ncc(C=O)cn1. The second kappa shape index (κ2) is 3.61. The molecule has 0 saturated carbocycles. The van der Waals surface area contributed by atoms with Crippen LogP contribution in [-0.2, 0) is 15.6 Å². The van der Waals surface area contributed by atoms with Gasteiger partial charge < -0.3 is 0 Å². The number of nitrogens with zero attached hydrogens (tertiary/aromatic N) is 2. The van der Waals surface area contributed by atoms with Crippen LogP contribution in [0.2, 0.25) is 0 Å². The number of hydrogen-bond donors (Lipinski definition) is 0. The Balaban J connectivity index is 2.87. The Morgan fingerprint density at radius 2 is 1.92 bits per heavy atom. The van der Waals surface area contributed by atoms with E-state index >= 15 is 0 Å². The van der Waals surface area contributed by atoms with Crippen LogP contribution in [0.5, 0.6) is 0 Å². The number of rotatable bonds is 3. The van der Waals surface area contributed by atoms with Gasteiger partial charge in [0.05, 0.1) is 5.56 Å². The van der Waals surface area contributed by atoms with E-state index in [2.05, 4.69) is 9.97 Å². The summed E-state index contributed by atoms with van der Waals surface area (Å²) >= 11 is 0. The van der Waals surface area contributed by atoms with Gasteiger partial charge in [0.1, 0.15) is 11.6 Å². The molecule has 6 heteroatoms. The quantitative estimate of drug-likeness (QED) is 0.633. The lowest BCUT2D eigenvalue weighted by molar-refractivity contribution is 0.112. The summed E-state index contributed by atoms with van der Waals surface area (Å²) in [4.78, 5) is 17.6. The van der Waals surface area contributed by atoms with Gasteiger partial charge in [0.15, 0.2) is 16.1 Å². The molecule has 0 unspecified atom stereocenters. The van der Waals surface area contributed by atoms with Crippen molar-refractivity contribution in [1.82, 2.24) is 9.97 Å². The highest BCUT2D eigenvalue weighted by atomic mass is 32.2. The first-order chi connectivity index (χ1) is 6.01. The van der Waals surface area contributed by atoms with Gasteiger partial charge in [-0.05, 0) is 0 Å². The number of carbonyl (C=O) groups is 1. The standard InChI is InChI=1S/C7H8N2O3S/c1-13(11,12)5-7-8-2-6(4-10)3-9-7/h2-4H,5H2,1H3. The number of sulfone groups is 1.